The molecule has 1 amide bonds. The predicted octanol–water partition coefficient (Wildman–Crippen LogP) is 2.84. The SMILES string of the molecule is CCOc1cccc(C(O)=C2C(=O)C(=O)N(CCN3CCOCC3)C2c2ccccc2)c1. The van der Waals surface area contributed by atoms with E-state index in [1.165, 1.54) is 0 Å². The number of aliphatic hydroxyl groups is 1. The average Bonchev–Trinajstić information content (AvgIpc) is 3.09. The van der Waals surface area contributed by atoms with Gasteiger partial charge >= 0.3 is 0 Å². The van der Waals surface area contributed by atoms with Gasteiger partial charge in [0.2, 0.25) is 0 Å². The van der Waals surface area contributed by atoms with Gasteiger partial charge in [0.25, 0.3) is 11.7 Å². The summed E-state index contributed by atoms with van der Waals surface area (Å²) in [6.45, 7) is 6.31. The number of likely N-dealkylation sites (tertiary alicyclic amines) is 1. The van der Waals surface area contributed by atoms with Crippen LogP contribution in [0.15, 0.2) is 60.2 Å². The first-order valence-electron chi connectivity index (χ1n) is 11.0. The molecule has 7 heteroatoms. The Bertz CT molecular complexity index is 998. The van der Waals surface area contributed by atoms with E-state index in [1.54, 1.807) is 29.2 Å². The molecule has 4 rings (SSSR count). The summed E-state index contributed by atoms with van der Waals surface area (Å²) >= 11 is 0. The van der Waals surface area contributed by atoms with Crippen molar-refractivity contribution in [3.63, 3.8) is 0 Å². The van der Waals surface area contributed by atoms with Gasteiger partial charge < -0.3 is 19.5 Å². The van der Waals surface area contributed by atoms with Crippen LogP contribution in [0.5, 0.6) is 5.75 Å². The number of carbonyl (C=O) groups is 2. The topological polar surface area (TPSA) is 79.3 Å². The number of morpholine rings is 1. The third-order valence-corrected chi connectivity index (χ3v) is 5.83. The molecule has 0 aliphatic carbocycles. The van der Waals surface area contributed by atoms with E-state index in [-0.39, 0.29) is 11.3 Å². The molecule has 0 radical (unpaired) electrons. The molecule has 2 fully saturated rings. The number of benzene rings is 2. The lowest BCUT2D eigenvalue weighted by Gasteiger charge is -2.31. The average molecular weight is 437 g/mol. The number of carbonyl (C=O) groups excluding carboxylic acids is 2. The Kier molecular flexibility index (Phi) is 6.87. The monoisotopic (exact) mass is 436 g/mol. The maximum atomic E-state index is 13.1. The molecule has 0 aromatic heterocycles. The van der Waals surface area contributed by atoms with Gasteiger partial charge in [-0.1, -0.05) is 42.5 Å². The Morgan fingerprint density at radius 1 is 1.06 bits per heavy atom. The quantitative estimate of drug-likeness (QED) is 0.409. The highest BCUT2D eigenvalue weighted by molar-refractivity contribution is 6.46. The lowest BCUT2D eigenvalue weighted by atomic mass is 9.95. The third-order valence-electron chi connectivity index (χ3n) is 5.83. The molecule has 2 heterocycles. The molecule has 2 aromatic rings. The maximum absolute atomic E-state index is 13.1. The fourth-order valence-electron chi connectivity index (χ4n) is 4.22. The zero-order valence-electron chi connectivity index (χ0n) is 18.2. The number of hydrogen-bond donors (Lipinski definition) is 1. The first-order chi connectivity index (χ1) is 15.6. The second kappa shape index (κ2) is 9.97. The Labute approximate surface area is 187 Å². The Hall–Kier alpha value is -3.16. The van der Waals surface area contributed by atoms with E-state index in [9.17, 15) is 14.7 Å². The molecule has 2 aromatic carbocycles. The summed E-state index contributed by atoms with van der Waals surface area (Å²) in [4.78, 5) is 29.9. The van der Waals surface area contributed by atoms with E-state index in [4.69, 9.17) is 9.47 Å². The lowest BCUT2D eigenvalue weighted by molar-refractivity contribution is -0.140. The number of aliphatic hydroxyl groups excluding tert-OH is 1. The van der Waals surface area contributed by atoms with Gasteiger partial charge in [0.15, 0.2) is 0 Å². The molecule has 7 nitrogen and oxygen atoms in total. The molecule has 0 bridgehead atoms. The molecular weight excluding hydrogens is 408 g/mol. The summed E-state index contributed by atoms with van der Waals surface area (Å²) < 4.78 is 10.9. The second-order valence-corrected chi connectivity index (χ2v) is 7.82. The van der Waals surface area contributed by atoms with E-state index >= 15 is 0 Å². The molecule has 2 aliphatic rings. The first-order valence-corrected chi connectivity index (χ1v) is 11.0. The summed E-state index contributed by atoms with van der Waals surface area (Å²) in [5.41, 5.74) is 1.34. The van der Waals surface area contributed by atoms with Crippen molar-refractivity contribution in [2.45, 2.75) is 13.0 Å². The fourth-order valence-corrected chi connectivity index (χ4v) is 4.22. The van der Waals surface area contributed by atoms with Crippen LogP contribution >= 0.6 is 0 Å². The van der Waals surface area contributed by atoms with Crippen molar-refractivity contribution in [1.82, 2.24) is 9.80 Å². The third kappa shape index (κ3) is 4.54. The van der Waals surface area contributed by atoms with Crippen LogP contribution in [0.2, 0.25) is 0 Å². The number of ether oxygens (including phenoxy) is 2. The normalized spacial score (nSPS) is 21.2. The minimum Gasteiger partial charge on any atom is -0.507 e. The van der Waals surface area contributed by atoms with Crippen LogP contribution in [-0.4, -0.2) is 72.6 Å². The van der Waals surface area contributed by atoms with Gasteiger partial charge in [-0.15, -0.1) is 0 Å². The molecular formula is C25H28N2O5. The van der Waals surface area contributed by atoms with Crippen molar-refractivity contribution in [3.8, 4) is 5.75 Å². The van der Waals surface area contributed by atoms with Crippen LogP contribution in [0, 0.1) is 0 Å². The minimum absolute atomic E-state index is 0.108. The fraction of sp³-hybridized carbons (Fsp3) is 0.360. The molecule has 1 atom stereocenters. The molecule has 0 spiro atoms. The van der Waals surface area contributed by atoms with Crippen molar-refractivity contribution in [3.05, 3.63) is 71.3 Å². The molecule has 32 heavy (non-hydrogen) atoms. The van der Waals surface area contributed by atoms with Crippen LogP contribution in [0.3, 0.4) is 0 Å². The largest absolute Gasteiger partial charge is 0.507 e. The van der Waals surface area contributed by atoms with Gasteiger partial charge in [-0.05, 0) is 24.6 Å². The van der Waals surface area contributed by atoms with Crippen molar-refractivity contribution >= 4 is 17.4 Å². The molecule has 1 N–H and O–H groups in total. The Morgan fingerprint density at radius 2 is 1.81 bits per heavy atom. The van der Waals surface area contributed by atoms with Gasteiger partial charge in [-0.2, -0.15) is 0 Å². The first kappa shape index (κ1) is 22.0. The molecule has 168 valence electrons. The molecule has 2 saturated heterocycles. The van der Waals surface area contributed by atoms with Crippen molar-refractivity contribution in [2.75, 3.05) is 46.0 Å². The predicted molar refractivity (Wildman–Crippen MR) is 120 cm³/mol. The summed E-state index contributed by atoms with van der Waals surface area (Å²) in [7, 11) is 0. The van der Waals surface area contributed by atoms with Gasteiger partial charge in [-0.25, -0.2) is 0 Å². The van der Waals surface area contributed by atoms with E-state index in [0.717, 1.165) is 18.7 Å². The van der Waals surface area contributed by atoms with Crippen molar-refractivity contribution in [2.24, 2.45) is 0 Å². The van der Waals surface area contributed by atoms with Crippen LogP contribution in [0.4, 0.5) is 0 Å². The zero-order chi connectivity index (χ0) is 22.5. The van der Waals surface area contributed by atoms with Crippen LogP contribution < -0.4 is 4.74 Å². The van der Waals surface area contributed by atoms with E-state index in [2.05, 4.69) is 4.90 Å². The van der Waals surface area contributed by atoms with E-state index in [1.807, 2.05) is 37.3 Å². The summed E-state index contributed by atoms with van der Waals surface area (Å²) in [6.07, 6.45) is 0. The highest BCUT2D eigenvalue weighted by Crippen LogP contribution is 2.39. The van der Waals surface area contributed by atoms with Crippen LogP contribution in [0.25, 0.3) is 5.76 Å². The second-order valence-electron chi connectivity index (χ2n) is 7.82. The lowest BCUT2D eigenvalue weighted by Crippen LogP contribution is -2.42. The van der Waals surface area contributed by atoms with Gasteiger partial charge in [0.05, 0.1) is 31.4 Å². The minimum atomic E-state index is -0.667. The van der Waals surface area contributed by atoms with Gasteiger partial charge in [-0.3, -0.25) is 14.5 Å². The highest BCUT2D eigenvalue weighted by Gasteiger charge is 2.46. The number of rotatable bonds is 7. The van der Waals surface area contributed by atoms with Crippen LogP contribution in [-0.2, 0) is 14.3 Å². The van der Waals surface area contributed by atoms with Crippen molar-refractivity contribution < 1.29 is 24.2 Å². The van der Waals surface area contributed by atoms with E-state index < -0.39 is 17.7 Å². The number of nitrogens with zero attached hydrogens (tertiary/aromatic N) is 2. The Balaban J connectivity index is 1.71. The standard InChI is InChI=1S/C25H28N2O5/c1-2-32-20-10-6-9-19(17-20)23(28)21-22(18-7-4-3-5-8-18)27(25(30)24(21)29)12-11-26-13-15-31-16-14-26/h3-10,17,22,28H,2,11-16H2,1H3. The van der Waals surface area contributed by atoms with Gasteiger partial charge in [0, 0.05) is 31.7 Å². The number of ketones is 1. The van der Waals surface area contributed by atoms with Crippen LogP contribution in [0.1, 0.15) is 24.1 Å². The molecule has 1 unspecified atom stereocenters. The molecule has 2 aliphatic heterocycles. The zero-order valence-corrected chi connectivity index (χ0v) is 18.2. The smallest absolute Gasteiger partial charge is 0.295 e. The highest BCUT2D eigenvalue weighted by atomic mass is 16.5. The number of hydrogen-bond acceptors (Lipinski definition) is 6. The summed E-state index contributed by atoms with van der Waals surface area (Å²) in [5.74, 6) is -0.850. The maximum Gasteiger partial charge on any atom is 0.295 e. The summed E-state index contributed by atoms with van der Waals surface area (Å²) in [5, 5.41) is 11.2. The van der Waals surface area contributed by atoms with Crippen molar-refractivity contribution in [1.29, 1.82) is 0 Å². The Morgan fingerprint density at radius 3 is 2.53 bits per heavy atom. The molecule has 0 saturated carbocycles. The number of amides is 1. The van der Waals surface area contributed by atoms with Gasteiger partial charge in [0.1, 0.15) is 11.5 Å². The summed E-state index contributed by atoms with van der Waals surface area (Å²) in [6, 6.07) is 15.7. The van der Waals surface area contributed by atoms with E-state index in [0.29, 0.717) is 44.2 Å². The number of Topliss-reactive ketones (excluding diaryl/α,β-unsaturated/α-hetero) is 1.